The molecule has 0 spiro atoms. The first-order chi connectivity index (χ1) is 9.31. The molecule has 94 valence electrons. The summed E-state index contributed by atoms with van der Waals surface area (Å²) in [7, 11) is 0. The Hall–Kier alpha value is -1.86. The van der Waals surface area contributed by atoms with E-state index in [2.05, 4.69) is 54.6 Å². The molecule has 0 saturated heterocycles. The van der Waals surface area contributed by atoms with Crippen LogP contribution in [0.15, 0.2) is 54.6 Å². The van der Waals surface area contributed by atoms with E-state index in [9.17, 15) is 0 Å². The van der Waals surface area contributed by atoms with Crippen LogP contribution in [-0.4, -0.2) is 0 Å². The molecule has 1 aliphatic rings. The largest absolute Gasteiger partial charge is 0.324 e. The molecular weight excluding hydrogens is 230 g/mol. The van der Waals surface area contributed by atoms with E-state index in [0.717, 1.165) is 0 Å². The highest BCUT2D eigenvalue weighted by Crippen LogP contribution is 2.40. The Morgan fingerprint density at radius 3 is 2.11 bits per heavy atom. The molecule has 4 rings (SSSR count). The van der Waals surface area contributed by atoms with Gasteiger partial charge in [-0.05, 0) is 64.1 Å². The van der Waals surface area contributed by atoms with Crippen molar-refractivity contribution in [1.82, 2.24) is 0 Å². The maximum Gasteiger partial charge on any atom is 0.0323 e. The Labute approximate surface area is 113 Å². The molecule has 1 heteroatoms. The van der Waals surface area contributed by atoms with Gasteiger partial charge in [0.15, 0.2) is 0 Å². The van der Waals surface area contributed by atoms with Crippen molar-refractivity contribution in [2.24, 2.45) is 11.7 Å². The molecule has 0 heterocycles. The lowest BCUT2D eigenvalue weighted by atomic mass is 9.97. The Morgan fingerprint density at radius 1 is 0.789 bits per heavy atom. The van der Waals surface area contributed by atoms with Crippen molar-refractivity contribution in [3.05, 3.63) is 60.2 Å². The summed E-state index contributed by atoms with van der Waals surface area (Å²) in [6.45, 7) is 0. The first kappa shape index (κ1) is 11.0. The van der Waals surface area contributed by atoms with Crippen molar-refractivity contribution in [2.75, 3.05) is 0 Å². The number of rotatable bonds is 2. The fourth-order valence-electron chi connectivity index (χ4n) is 2.89. The second-order valence-corrected chi connectivity index (χ2v) is 5.67. The number of hydrogen-bond donors (Lipinski definition) is 1. The van der Waals surface area contributed by atoms with E-state index < -0.39 is 0 Å². The van der Waals surface area contributed by atoms with E-state index in [-0.39, 0.29) is 6.04 Å². The topological polar surface area (TPSA) is 26.0 Å². The lowest BCUT2D eigenvalue weighted by Crippen LogP contribution is -2.11. The Kier molecular flexibility index (Phi) is 2.36. The van der Waals surface area contributed by atoms with Gasteiger partial charge < -0.3 is 5.73 Å². The van der Waals surface area contributed by atoms with Crippen molar-refractivity contribution in [2.45, 2.75) is 18.9 Å². The van der Waals surface area contributed by atoms with Gasteiger partial charge in [-0.3, -0.25) is 0 Å². The third-order valence-corrected chi connectivity index (χ3v) is 4.24. The van der Waals surface area contributed by atoms with Gasteiger partial charge in [0.1, 0.15) is 0 Å². The molecule has 0 bridgehead atoms. The van der Waals surface area contributed by atoms with Gasteiger partial charge in [-0.25, -0.2) is 0 Å². The fourth-order valence-corrected chi connectivity index (χ4v) is 2.89. The van der Waals surface area contributed by atoms with Crippen LogP contribution < -0.4 is 5.73 Å². The summed E-state index contributed by atoms with van der Waals surface area (Å²) in [5, 5.41) is 5.19. The van der Waals surface area contributed by atoms with Crippen LogP contribution in [0, 0.1) is 5.92 Å². The van der Waals surface area contributed by atoms with Gasteiger partial charge in [-0.1, -0.05) is 36.4 Å². The quantitative estimate of drug-likeness (QED) is 0.667. The van der Waals surface area contributed by atoms with Crippen LogP contribution in [0.1, 0.15) is 24.4 Å². The van der Waals surface area contributed by atoms with E-state index in [1.54, 1.807) is 0 Å². The normalized spacial score (nSPS) is 16.9. The van der Waals surface area contributed by atoms with Crippen molar-refractivity contribution < 1.29 is 0 Å². The van der Waals surface area contributed by atoms with Gasteiger partial charge in [0, 0.05) is 6.04 Å². The van der Waals surface area contributed by atoms with Crippen LogP contribution in [-0.2, 0) is 0 Å². The monoisotopic (exact) mass is 247 g/mol. The van der Waals surface area contributed by atoms with Crippen LogP contribution in [0.3, 0.4) is 0 Å². The standard InChI is InChI=1S/C18H17N/c19-18(12-5-6-12)16-8-7-15-9-13-3-1-2-4-14(13)10-17(15)11-16/h1-4,7-12,18H,5-6,19H2/t18-/m1/s1. The maximum atomic E-state index is 6.30. The van der Waals surface area contributed by atoms with Crippen LogP contribution in [0.5, 0.6) is 0 Å². The summed E-state index contributed by atoms with van der Waals surface area (Å²) in [4.78, 5) is 0. The molecule has 1 saturated carbocycles. The van der Waals surface area contributed by atoms with Gasteiger partial charge in [0.05, 0.1) is 0 Å². The molecule has 0 aliphatic heterocycles. The summed E-state index contributed by atoms with van der Waals surface area (Å²) >= 11 is 0. The molecule has 1 aliphatic carbocycles. The Bertz CT molecular complexity index is 756. The maximum absolute atomic E-state index is 6.30. The predicted octanol–water partition coefficient (Wildman–Crippen LogP) is 4.40. The number of benzene rings is 3. The average Bonchev–Trinajstić information content (AvgIpc) is 3.28. The molecule has 1 nitrogen and oxygen atoms in total. The zero-order valence-corrected chi connectivity index (χ0v) is 10.8. The molecular formula is C18H17N. The summed E-state index contributed by atoms with van der Waals surface area (Å²) in [6, 6.07) is 19.9. The summed E-state index contributed by atoms with van der Waals surface area (Å²) in [5.41, 5.74) is 7.59. The molecule has 3 aromatic rings. The van der Waals surface area contributed by atoms with Crippen LogP contribution in [0.4, 0.5) is 0 Å². The fraction of sp³-hybridized carbons (Fsp3) is 0.222. The Balaban J connectivity index is 1.89. The summed E-state index contributed by atoms with van der Waals surface area (Å²) in [5.74, 6) is 0.706. The zero-order chi connectivity index (χ0) is 12.8. The first-order valence-electron chi connectivity index (χ1n) is 6.99. The highest BCUT2D eigenvalue weighted by atomic mass is 14.7. The molecule has 1 fully saturated rings. The molecule has 0 radical (unpaired) electrons. The number of hydrogen-bond acceptors (Lipinski definition) is 1. The van der Waals surface area contributed by atoms with Gasteiger partial charge in [-0.15, -0.1) is 0 Å². The predicted molar refractivity (Wildman–Crippen MR) is 81.1 cm³/mol. The molecule has 19 heavy (non-hydrogen) atoms. The van der Waals surface area contributed by atoms with Gasteiger partial charge >= 0.3 is 0 Å². The van der Waals surface area contributed by atoms with E-state index in [4.69, 9.17) is 5.73 Å². The van der Waals surface area contributed by atoms with Crippen LogP contribution in [0.25, 0.3) is 21.5 Å². The lowest BCUT2D eigenvalue weighted by Gasteiger charge is -2.12. The molecule has 0 aromatic heterocycles. The average molecular weight is 247 g/mol. The number of nitrogens with two attached hydrogens (primary N) is 1. The van der Waals surface area contributed by atoms with Gasteiger partial charge in [0.2, 0.25) is 0 Å². The highest BCUT2D eigenvalue weighted by molar-refractivity contribution is 5.98. The third kappa shape index (κ3) is 1.91. The van der Waals surface area contributed by atoms with E-state index >= 15 is 0 Å². The first-order valence-corrected chi connectivity index (χ1v) is 6.99. The minimum Gasteiger partial charge on any atom is -0.324 e. The smallest absolute Gasteiger partial charge is 0.0323 e. The van der Waals surface area contributed by atoms with E-state index in [1.807, 2.05) is 0 Å². The number of fused-ring (bicyclic) bond motifs is 2. The van der Waals surface area contributed by atoms with Crippen molar-refractivity contribution >= 4 is 21.5 Å². The minimum absolute atomic E-state index is 0.218. The zero-order valence-electron chi connectivity index (χ0n) is 10.8. The second kappa shape index (κ2) is 4.07. The highest BCUT2D eigenvalue weighted by Gasteiger charge is 2.29. The molecule has 3 aromatic carbocycles. The summed E-state index contributed by atoms with van der Waals surface area (Å²) < 4.78 is 0. The summed E-state index contributed by atoms with van der Waals surface area (Å²) in [6.07, 6.45) is 2.58. The van der Waals surface area contributed by atoms with Crippen molar-refractivity contribution in [3.8, 4) is 0 Å². The van der Waals surface area contributed by atoms with E-state index in [0.29, 0.717) is 5.92 Å². The molecule has 0 amide bonds. The molecule has 2 N–H and O–H groups in total. The molecule has 0 unspecified atom stereocenters. The second-order valence-electron chi connectivity index (χ2n) is 5.67. The lowest BCUT2D eigenvalue weighted by molar-refractivity contribution is 0.634. The van der Waals surface area contributed by atoms with Crippen molar-refractivity contribution in [3.63, 3.8) is 0 Å². The van der Waals surface area contributed by atoms with Gasteiger partial charge in [0.25, 0.3) is 0 Å². The van der Waals surface area contributed by atoms with Gasteiger partial charge in [-0.2, -0.15) is 0 Å². The van der Waals surface area contributed by atoms with E-state index in [1.165, 1.54) is 39.9 Å². The molecule has 1 atom stereocenters. The third-order valence-electron chi connectivity index (χ3n) is 4.24. The SMILES string of the molecule is N[C@@H](c1ccc2cc3ccccc3cc2c1)C1CC1. The van der Waals surface area contributed by atoms with Crippen LogP contribution in [0.2, 0.25) is 0 Å². The Morgan fingerprint density at radius 2 is 1.42 bits per heavy atom. The van der Waals surface area contributed by atoms with Crippen molar-refractivity contribution in [1.29, 1.82) is 0 Å². The van der Waals surface area contributed by atoms with Crippen LogP contribution >= 0.6 is 0 Å². The minimum atomic E-state index is 0.218.